The van der Waals surface area contributed by atoms with Crippen LogP contribution in [0, 0.1) is 10.1 Å². The zero-order valence-corrected chi connectivity index (χ0v) is 15.2. The molecule has 0 saturated heterocycles. The average molecular weight is 397 g/mol. The summed E-state index contributed by atoms with van der Waals surface area (Å²) in [6.07, 6.45) is 0. The molecular weight excluding hydrogens is 382 g/mol. The molecule has 0 bridgehead atoms. The summed E-state index contributed by atoms with van der Waals surface area (Å²) in [5.41, 5.74) is 0.341. The number of imide groups is 1. The summed E-state index contributed by atoms with van der Waals surface area (Å²) in [5.74, 6) is -2.89. The van der Waals surface area contributed by atoms with Crippen LogP contribution in [0.5, 0.6) is 0 Å². The van der Waals surface area contributed by atoms with Gasteiger partial charge in [-0.3, -0.25) is 29.4 Å². The SMILES string of the molecule is C[C@H](C(=O)OCC(=O)Nc1cccc([N+](=O)[O-])c1)N1C(=O)c2ccccc2C1=O. The fourth-order valence-electron chi connectivity index (χ4n) is 2.82. The Morgan fingerprint density at radius 3 is 2.31 bits per heavy atom. The van der Waals surface area contributed by atoms with Crippen molar-refractivity contribution in [3.8, 4) is 0 Å². The molecule has 3 amide bonds. The van der Waals surface area contributed by atoms with E-state index in [9.17, 15) is 29.3 Å². The van der Waals surface area contributed by atoms with Crippen LogP contribution < -0.4 is 5.32 Å². The van der Waals surface area contributed by atoms with Crippen molar-refractivity contribution < 1.29 is 28.8 Å². The van der Waals surface area contributed by atoms with E-state index in [1.807, 2.05) is 0 Å². The number of benzene rings is 2. The summed E-state index contributed by atoms with van der Waals surface area (Å²) >= 11 is 0. The van der Waals surface area contributed by atoms with E-state index in [0.717, 1.165) is 11.0 Å². The number of carbonyl (C=O) groups is 4. The minimum absolute atomic E-state index is 0.161. The number of anilines is 1. The Bertz CT molecular complexity index is 999. The molecular formula is C19H15N3O7. The number of nitrogens with zero attached hydrogens (tertiary/aromatic N) is 2. The average Bonchev–Trinajstić information content (AvgIpc) is 2.96. The minimum atomic E-state index is -1.23. The molecule has 1 aliphatic heterocycles. The quantitative estimate of drug-likeness (QED) is 0.339. The van der Waals surface area contributed by atoms with Crippen molar-refractivity contribution in [2.45, 2.75) is 13.0 Å². The topological polar surface area (TPSA) is 136 Å². The van der Waals surface area contributed by atoms with E-state index in [1.165, 1.54) is 37.3 Å². The van der Waals surface area contributed by atoms with E-state index in [1.54, 1.807) is 12.1 Å². The third-order valence-corrected chi connectivity index (χ3v) is 4.24. The lowest BCUT2D eigenvalue weighted by Gasteiger charge is -2.20. The molecule has 2 aromatic carbocycles. The number of esters is 1. The fraction of sp³-hybridized carbons (Fsp3) is 0.158. The molecule has 1 atom stereocenters. The molecule has 2 aromatic rings. The van der Waals surface area contributed by atoms with Gasteiger partial charge in [-0.25, -0.2) is 4.79 Å². The lowest BCUT2D eigenvalue weighted by atomic mass is 10.1. The molecule has 1 heterocycles. The smallest absolute Gasteiger partial charge is 0.329 e. The van der Waals surface area contributed by atoms with Crippen LogP contribution in [0.1, 0.15) is 27.6 Å². The Labute approximate surface area is 164 Å². The minimum Gasteiger partial charge on any atom is -0.454 e. The highest BCUT2D eigenvalue weighted by Gasteiger charge is 2.41. The van der Waals surface area contributed by atoms with Crippen molar-refractivity contribution in [3.63, 3.8) is 0 Å². The van der Waals surface area contributed by atoms with Gasteiger partial charge in [0.05, 0.1) is 16.1 Å². The van der Waals surface area contributed by atoms with Crippen molar-refractivity contribution in [1.29, 1.82) is 0 Å². The number of hydrogen-bond donors (Lipinski definition) is 1. The number of nitro groups is 1. The Balaban J connectivity index is 1.59. The monoisotopic (exact) mass is 397 g/mol. The first-order valence-electron chi connectivity index (χ1n) is 8.47. The number of hydrogen-bond acceptors (Lipinski definition) is 7. The molecule has 148 valence electrons. The van der Waals surface area contributed by atoms with Gasteiger partial charge >= 0.3 is 5.97 Å². The number of rotatable bonds is 6. The molecule has 0 saturated carbocycles. The lowest BCUT2D eigenvalue weighted by Crippen LogP contribution is -2.44. The maximum absolute atomic E-state index is 12.4. The molecule has 29 heavy (non-hydrogen) atoms. The predicted molar refractivity (Wildman–Crippen MR) is 99.1 cm³/mol. The summed E-state index contributed by atoms with van der Waals surface area (Å²) in [6.45, 7) is 0.636. The van der Waals surface area contributed by atoms with Gasteiger partial charge < -0.3 is 10.1 Å². The van der Waals surface area contributed by atoms with Gasteiger partial charge in [0.2, 0.25) is 0 Å². The molecule has 1 N–H and O–H groups in total. The second kappa shape index (κ2) is 7.89. The van der Waals surface area contributed by atoms with Crippen LogP contribution in [0.15, 0.2) is 48.5 Å². The van der Waals surface area contributed by atoms with Gasteiger partial charge in [-0.2, -0.15) is 0 Å². The standard InChI is InChI=1S/C19H15N3O7/c1-11(21-17(24)14-7-2-3-8-15(14)18(21)25)19(26)29-10-16(23)20-12-5-4-6-13(9-12)22(27)28/h2-9,11H,10H2,1H3,(H,20,23)/t11-/m1/s1. The number of amides is 3. The van der Waals surface area contributed by atoms with Gasteiger partial charge in [-0.05, 0) is 25.1 Å². The van der Waals surface area contributed by atoms with Gasteiger partial charge in [0.15, 0.2) is 6.61 Å². The summed E-state index contributed by atoms with van der Waals surface area (Å²) in [5, 5.41) is 13.1. The van der Waals surface area contributed by atoms with Gasteiger partial charge in [-0.1, -0.05) is 18.2 Å². The van der Waals surface area contributed by atoms with Crippen molar-refractivity contribution in [2.75, 3.05) is 11.9 Å². The molecule has 0 aromatic heterocycles. The molecule has 0 unspecified atom stereocenters. The van der Waals surface area contributed by atoms with E-state index in [4.69, 9.17) is 4.74 Å². The maximum Gasteiger partial charge on any atom is 0.329 e. The van der Waals surface area contributed by atoms with Crippen molar-refractivity contribution in [2.24, 2.45) is 0 Å². The fourth-order valence-corrected chi connectivity index (χ4v) is 2.82. The van der Waals surface area contributed by atoms with Crippen LogP contribution in [-0.2, 0) is 14.3 Å². The van der Waals surface area contributed by atoms with Crippen molar-refractivity contribution in [3.05, 3.63) is 69.8 Å². The Morgan fingerprint density at radius 2 is 1.72 bits per heavy atom. The molecule has 3 rings (SSSR count). The molecule has 10 nitrogen and oxygen atoms in total. The molecule has 1 aliphatic rings. The molecule has 0 fully saturated rings. The number of ether oxygens (including phenoxy) is 1. The third-order valence-electron chi connectivity index (χ3n) is 4.24. The Morgan fingerprint density at radius 1 is 1.10 bits per heavy atom. The first-order valence-corrected chi connectivity index (χ1v) is 8.47. The molecule has 10 heteroatoms. The van der Waals surface area contributed by atoms with Gasteiger partial charge in [0, 0.05) is 17.8 Å². The molecule has 0 aliphatic carbocycles. The number of fused-ring (bicyclic) bond motifs is 1. The van der Waals surface area contributed by atoms with Crippen molar-refractivity contribution >= 4 is 35.1 Å². The van der Waals surface area contributed by atoms with E-state index in [0.29, 0.717) is 0 Å². The zero-order valence-electron chi connectivity index (χ0n) is 15.2. The van der Waals surface area contributed by atoms with E-state index < -0.39 is 41.3 Å². The summed E-state index contributed by atoms with van der Waals surface area (Å²) in [6, 6.07) is 10.2. The first-order chi connectivity index (χ1) is 13.8. The number of nitrogens with one attached hydrogen (secondary N) is 1. The van der Waals surface area contributed by atoms with Crippen LogP contribution in [0.2, 0.25) is 0 Å². The summed E-state index contributed by atoms with van der Waals surface area (Å²) < 4.78 is 4.89. The second-order valence-electron chi connectivity index (χ2n) is 6.17. The highest BCUT2D eigenvalue weighted by atomic mass is 16.6. The normalized spacial score (nSPS) is 13.6. The Kier molecular flexibility index (Phi) is 5.35. The summed E-state index contributed by atoms with van der Waals surface area (Å²) in [7, 11) is 0. The maximum atomic E-state index is 12.4. The first kappa shape index (κ1) is 19.7. The third kappa shape index (κ3) is 3.95. The lowest BCUT2D eigenvalue weighted by molar-refractivity contribution is -0.384. The number of nitro benzene ring substituents is 1. The van der Waals surface area contributed by atoms with Crippen LogP contribution in [0.3, 0.4) is 0 Å². The van der Waals surface area contributed by atoms with Crippen LogP contribution >= 0.6 is 0 Å². The molecule has 0 radical (unpaired) electrons. The molecule has 0 spiro atoms. The van der Waals surface area contributed by atoms with E-state index >= 15 is 0 Å². The highest BCUT2D eigenvalue weighted by molar-refractivity contribution is 6.22. The van der Waals surface area contributed by atoms with Gasteiger partial charge in [0.1, 0.15) is 6.04 Å². The zero-order chi connectivity index (χ0) is 21.1. The second-order valence-corrected chi connectivity index (χ2v) is 6.17. The van der Waals surface area contributed by atoms with Crippen LogP contribution in [-0.4, -0.2) is 46.2 Å². The van der Waals surface area contributed by atoms with Gasteiger partial charge in [-0.15, -0.1) is 0 Å². The van der Waals surface area contributed by atoms with Crippen LogP contribution in [0.25, 0.3) is 0 Å². The van der Waals surface area contributed by atoms with E-state index in [2.05, 4.69) is 5.32 Å². The Hall–Kier alpha value is -4.08. The summed E-state index contributed by atoms with van der Waals surface area (Å²) in [4.78, 5) is 59.9. The predicted octanol–water partition coefficient (Wildman–Crippen LogP) is 1.76. The highest BCUT2D eigenvalue weighted by Crippen LogP contribution is 2.24. The largest absolute Gasteiger partial charge is 0.454 e. The van der Waals surface area contributed by atoms with Crippen molar-refractivity contribution in [1.82, 2.24) is 4.90 Å². The number of non-ortho nitro benzene ring substituents is 1. The van der Waals surface area contributed by atoms with Crippen LogP contribution in [0.4, 0.5) is 11.4 Å². The number of carbonyl (C=O) groups excluding carboxylic acids is 4. The van der Waals surface area contributed by atoms with Gasteiger partial charge in [0.25, 0.3) is 23.4 Å². The van der Waals surface area contributed by atoms with E-state index in [-0.39, 0.29) is 22.5 Å².